The van der Waals surface area contributed by atoms with Crippen LogP contribution in [0.25, 0.3) is 0 Å². The average molecular weight is 204 g/mol. The van der Waals surface area contributed by atoms with Gasteiger partial charge in [0.05, 0.1) is 6.04 Å². The molecule has 0 atom stereocenters. The van der Waals surface area contributed by atoms with E-state index in [9.17, 15) is 4.79 Å². The molecule has 1 aliphatic rings. The van der Waals surface area contributed by atoms with Gasteiger partial charge in [-0.1, -0.05) is 12.1 Å². The van der Waals surface area contributed by atoms with Gasteiger partial charge in [-0.3, -0.25) is 4.79 Å². The number of carbonyl (C=O) groups excluding carboxylic acids is 1. The molecule has 0 aliphatic carbocycles. The number of carbonyl (C=O) groups is 1. The molecule has 3 heteroatoms. The van der Waals surface area contributed by atoms with Crippen molar-refractivity contribution in [2.75, 3.05) is 13.1 Å². The molecule has 1 aromatic rings. The molecule has 2 N–H and O–H groups in total. The van der Waals surface area contributed by atoms with Gasteiger partial charge in [0.15, 0.2) is 0 Å². The number of nitrogens with one attached hydrogen (secondary N) is 2. The summed E-state index contributed by atoms with van der Waals surface area (Å²) >= 11 is 0. The molecule has 0 radical (unpaired) electrons. The molecule has 3 nitrogen and oxygen atoms in total. The summed E-state index contributed by atoms with van der Waals surface area (Å²) < 4.78 is 0. The van der Waals surface area contributed by atoms with Crippen molar-refractivity contribution in [1.29, 1.82) is 0 Å². The van der Waals surface area contributed by atoms with Crippen LogP contribution in [0, 0.1) is 13.8 Å². The molecule has 1 heterocycles. The fourth-order valence-electron chi connectivity index (χ4n) is 1.65. The van der Waals surface area contributed by atoms with E-state index in [-0.39, 0.29) is 5.91 Å². The van der Waals surface area contributed by atoms with Crippen LogP contribution in [0.4, 0.5) is 0 Å². The molecule has 1 fully saturated rings. The zero-order chi connectivity index (χ0) is 10.8. The quantitative estimate of drug-likeness (QED) is 0.754. The lowest BCUT2D eigenvalue weighted by atomic mass is 10.0. The van der Waals surface area contributed by atoms with Crippen molar-refractivity contribution in [3.05, 3.63) is 34.9 Å². The number of hydrogen-bond donors (Lipinski definition) is 2. The van der Waals surface area contributed by atoms with Crippen molar-refractivity contribution in [2.24, 2.45) is 0 Å². The SMILES string of the molecule is Cc1cccc(C(=O)NC2CNC2)c1C. The first kappa shape index (κ1) is 10.2. The summed E-state index contributed by atoms with van der Waals surface area (Å²) in [6.07, 6.45) is 0. The van der Waals surface area contributed by atoms with E-state index in [0.717, 1.165) is 29.8 Å². The van der Waals surface area contributed by atoms with Gasteiger partial charge in [-0.25, -0.2) is 0 Å². The Hall–Kier alpha value is -1.35. The van der Waals surface area contributed by atoms with E-state index in [4.69, 9.17) is 0 Å². The number of hydrogen-bond acceptors (Lipinski definition) is 2. The first-order valence-corrected chi connectivity index (χ1v) is 5.26. The highest BCUT2D eigenvalue weighted by molar-refractivity contribution is 5.96. The van der Waals surface area contributed by atoms with Crippen LogP contribution in [-0.4, -0.2) is 25.0 Å². The summed E-state index contributed by atoms with van der Waals surface area (Å²) in [6.45, 7) is 5.79. The number of amides is 1. The Morgan fingerprint density at radius 2 is 2.13 bits per heavy atom. The van der Waals surface area contributed by atoms with Crippen LogP contribution in [0.1, 0.15) is 21.5 Å². The highest BCUT2D eigenvalue weighted by Crippen LogP contribution is 2.12. The Kier molecular flexibility index (Phi) is 2.73. The van der Waals surface area contributed by atoms with E-state index in [1.54, 1.807) is 0 Å². The molecule has 80 valence electrons. The maximum atomic E-state index is 11.9. The molecule has 2 rings (SSSR count). The van der Waals surface area contributed by atoms with Crippen molar-refractivity contribution >= 4 is 5.91 Å². The van der Waals surface area contributed by atoms with Gasteiger partial charge in [0.1, 0.15) is 0 Å². The molecule has 0 saturated carbocycles. The van der Waals surface area contributed by atoms with Gasteiger partial charge in [-0.2, -0.15) is 0 Å². The number of aryl methyl sites for hydroxylation is 1. The van der Waals surface area contributed by atoms with Crippen LogP contribution >= 0.6 is 0 Å². The Bertz CT molecular complexity index is 383. The second-order valence-electron chi connectivity index (χ2n) is 4.08. The van der Waals surface area contributed by atoms with E-state index >= 15 is 0 Å². The predicted octanol–water partition coefficient (Wildman–Crippen LogP) is 1.01. The van der Waals surface area contributed by atoms with E-state index in [2.05, 4.69) is 10.6 Å². The lowest BCUT2D eigenvalue weighted by Crippen LogP contribution is -2.57. The minimum absolute atomic E-state index is 0.0442. The van der Waals surface area contributed by atoms with E-state index in [0.29, 0.717) is 6.04 Å². The maximum absolute atomic E-state index is 11.9. The third kappa shape index (κ3) is 2.02. The minimum Gasteiger partial charge on any atom is -0.347 e. The molecule has 1 aliphatic heterocycles. The van der Waals surface area contributed by atoms with Crippen LogP contribution in [0.15, 0.2) is 18.2 Å². The Morgan fingerprint density at radius 3 is 2.73 bits per heavy atom. The lowest BCUT2D eigenvalue weighted by molar-refractivity contribution is 0.0923. The monoisotopic (exact) mass is 204 g/mol. The first-order valence-electron chi connectivity index (χ1n) is 5.26. The number of benzene rings is 1. The summed E-state index contributed by atoms with van der Waals surface area (Å²) in [6, 6.07) is 6.13. The van der Waals surface area contributed by atoms with Gasteiger partial charge in [-0.15, -0.1) is 0 Å². The molecule has 0 bridgehead atoms. The summed E-state index contributed by atoms with van der Waals surface area (Å²) in [5.74, 6) is 0.0442. The molecular weight excluding hydrogens is 188 g/mol. The highest BCUT2D eigenvalue weighted by atomic mass is 16.1. The Morgan fingerprint density at radius 1 is 1.40 bits per heavy atom. The molecule has 1 aromatic carbocycles. The van der Waals surface area contributed by atoms with Crippen molar-refractivity contribution in [3.8, 4) is 0 Å². The second kappa shape index (κ2) is 4.03. The topological polar surface area (TPSA) is 41.1 Å². The van der Waals surface area contributed by atoms with Gasteiger partial charge in [0, 0.05) is 18.7 Å². The van der Waals surface area contributed by atoms with Gasteiger partial charge >= 0.3 is 0 Å². The summed E-state index contributed by atoms with van der Waals surface area (Å²) in [4.78, 5) is 11.9. The van der Waals surface area contributed by atoms with E-state index < -0.39 is 0 Å². The van der Waals surface area contributed by atoms with Crippen molar-refractivity contribution in [1.82, 2.24) is 10.6 Å². The van der Waals surface area contributed by atoms with Crippen LogP contribution in [0.5, 0.6) is 0 Å². The summed E-state index contributed by atoms with van der Waals surface area (Å²) in [7, 11) is 0. The van der Waals surface area contributed by atoms with Gasteiger partial charge in [-0.05, 0) is 31.0 Å². The Balaban J connectivity index is 2.13. The molecule has 0 aromatic heterocycles. The molecule has 0 unspecified atom stereocenters. The van der Waals surface area contributed by atoms with Crippen LogP contribution in [0.3, 0.4) is 0 Å². The fourth-order valence-corrected chi connectivity index (χ4v) is 1.65. The molecule has 0 spiro atoms. The van der Waals surface area contributed by atoms with Crippen molar-refractivity contribution in [3.63, 3.8) is 0 Å². The van der Waals surface area contributed by atoms with Gasteiger partial charge in [0.25, 0.3) is 5.91 Å². The molecule has 1 saturated heterocycles. The molecule has 15 heavy (non-hydrogen) atoms. The normalized spacial score (nSPS) is 15.9. The van der Waals surface area contributed by atoms with Crippen LogP contribution in [0.2, 0.25) is 0 Å². The highest BCUT2D eigenvalue weighted by Gasteiger charge is 2.20. The zero-order valence-corrected chi connectivity index (χ0v) is 9.13. The van der Waals surface area contributed by atoms with E-state index in [1.165, 1.54) is 0 Å². The smallest absolute Gasteiger partial charge is 0.251 e. The average Bonchev–Trinajstić information content (AvgIpc) is 2.15. The van der Waals surface area contributed by atoms with Crippen LogP contribution in [-0.2, 0) is 0 Å². The van der Waals surface area contributed by atoms with Gasteiger partial charge < -0.3 is 10.6 Å². The van der Waals surface area contributed by atoms with Crippen molar-refractivity contribution < 1.29 is 4.79 Å². The first-order chi connectivity index (χ1) is 7.18. The van der Waals surface area contributed by atoms with E-state index in [1.807, 2.05) is 32.0 Å². The summed E-state index contributed by atoms with van der Waals surface area (Å²) in [5.41, 5.74) is 3.03. The standard InChI is InChI=1S/C12H16N2O/c1-8-4-3-5-11(9(8)2)12(15)14-10-6-13-7-10/h3-5,10,13H,6-7H2,1-2H3,(H,14,15). The van der Waals surface area contributed by atoms with Gasteiger partial charge in [0.2, 0.25) is 0 Å². The third-order valence-electron chi connectivity index (χ3n) is 2.97. The largest absolute Gasteiger partial charge is 0.347 e. The number of rotatable bonds is 2. The van der Waals surface area contributed by atoms with Crippen LogP contribution < -0.4 is 10.6 Å². The zero-order valence-electron chi connectivity index (χ0n) is 9.13. The van der Waals surface area contributed by atoms with Crippen molar-refractivity contribution in [2.45, 2.75) is 19.9 Å². The molecule has 1 amide bonds. The predicted molar refractivity (Wildman–Crippen MR) is 60.0 cm³/mol. The third-order valence-corrected chi connectivity index (χ3v) is 2.97. The lowest BCUT2D eigenvalue weighted by Gasteiger charge is -2.28. The second-order valence-corrected chi connectivity index (χ2v) is 4.08. The molecular formula is C12H16N2O. The fraction of sp³-hybridized carbons (Fsp3) is 0.417. The summed E-state index contributed by atoms with van der Waals surface area (Å²) in [5, 5.41) is 6.13. The maximum Gasteiger partial charge on any atom is 0.251 e. The Labute approximate surface area is 89.9 Å². The minimum atomic E-state index is 0.0442.